The average molecular weight is 239 g/mol. The van der Waals surface area contributed by atoms with E-state index >= 15 is 0 Å². The number of benzene rings is 1. The molecule has 1 aromatic heterocycles. The van der Waals surface area contributed by atoms with Crippen LogP contribution in [0.5, 0.6) is 0 Å². The predicted octanol–water partition coefficient (Wildman–Crippen LogP) is 1.63. The fourth-order valence-electron chi connectivity index (χ4n) is 1.51. The summed E-state index contributed by atoms with van der Waals surface area (Å²) in [5, 5.41) is 6.88. The molecule has 4 nitrogen and oxygen atoms in total. The summed E-state index contributed by atoms with van der Waals surface area (Å²) < 4.78 is 1.66. The molecule has 0 aliphatic carbocycles. The zero-order valence-electron chi connectivity index (χ0n) is 9.84. The minimum absolute atomic E-state index is 0.160. The number of nitrogens with zero attached hydrogens (tertiary/aromatic N) is 2. The topological polar surface area (TPSA) is 46.9 Å². The number of rotatable bonds is 4. The molecule has 1 N–H and O–H groups in total. The third-order valence-electron chi connectivity index (χ3n) is 2.42. The van der Waals surface area contributed by atoms with Gasteiger partial charge < -0.3 is 5.32 Å². The highest BCUT2D eigenvalue weighted by molar-refractivity contribution is 5.93. The molecule has 0 radical (unpaired) electrons. The van der Waals surface area contributed by atoms with Crippen molar-refractivity contribution in [1.29, 1.82) is 0 Å². The van der Waals surface area contributed by atoms with Gasteiger partial charge in [-0.1, -0.05) is 18.2 Å². The SMILES string of the molecule is C#CCCNC(=O)c1cnn(-c2ccccc2)c1. The molecule has 2 aromatic rings. The van der Waals surface area contributed by atoms with Crippen molar-refractivity contribution in [3.8, 4) is 18.0 Å². The first-order chi connectivity index (χ1) is 8.81. The minimum atomic E-state index is -0.160. The quantitative estimate of drug-likeness (QED) is 0.651. The first-order valence-corrected chi connectivity index (χ1v) is 5.63. The van der Waals surface area contributed by atoms with Crippen LogP contribution in [0.25, 0.3) is 5.69 Å². The monoisotopic (exact) mass is 239 g/mol. The van der Waals surface area contributed by atoms with Crippen LogP contribution in [-0.4, -0.2) is 22.2 Å². The van der Waals surface area contributed by atoms with Crippen LogP contribution < -0.4 is 5.32 Å². The maximum Gasteiger partial charge on any atom is 0.254 e. The lowest BCUT2D eigenvalue weighted by atomic mass is 10.3. The summed E-state index contributed by atoms with van der Waals surface area (Å²) in [5.41, 5.74) is 1.44. The maximum atomic E-state index is 11.7. The smallest absolute Gasteiger partial charge is 0.254 e. The van der Waals surface area contributed by atoms with Gasteiger partial charge in [0.25, 0.3) is 5.91 Å². The van der Waals surface area contributed by atoms with Crippen LogP contribution in [0.1, 0.15) is 16.8 Å². The molecule has 4 heteroatoms. The van der Waals surface area contributed by atoms with Gasteiger partial charge in [0.15, 0.2) is 0 Å². The Bertz CT molecular complexity index is 566. The number of amides is 1. The third-order valence-corrected chi connectivity index (χ3v) is 2.42. The second kappa shape index (κ2) is 5.69. The van der Waals surface area contributed by atoms with E-state index in [1.54, 1.807) is 10.9 Å². The van der Waals surface area contributed by atoms with Crippen LogP contribution in [-0.2, 0) is 0 Å². The van der Waals surface area contributed by atoms with E-state index in [1.165, 1.54) is 6.20 Å². The molecule has 1 heterocycles. The number of carbonyl (C=O) groups is 1. The molecule has 0 saturated heterocycles. The van der Waals surface area contributed by atoms with Crippen molar-refractivity contribution >= 4 is 5.91 Å². The van der Waals surface area contributed by atoms with Crippen molar-refractivity contribution in [1.82, 2.24) is 15.1 Å². The van der Waals surface area contributed by atoms with Crippen LogP contribution in [0.4, 0.5) is 0 Å². The van der Waals surface area contributed by atoms with Gasteiger partial charge in [-0.05, 0) is 12.1 Å². The first-order valence-electron chi connectivity index (χ1n) is 5.63. The lowest BCUT2D eigenvalue weighted by Crippen LogP contribution is -2.23. The van der Waals surface area contributed by atoms with Gasteiger partial charge in [-0.3, -0.25) is 4.79 Å². The standard InChI is InChI=1S/C14H13N3O/c1-2-3-9-15-14(18)12-10-16-17(11-12)13-7-5-4-6-8-13/h1,4-8,10-11H,3,9H2,(H,15,18). The van der Waals surface area contributed by atoms with E-state index in [4.69, 9.17) is 6.42 Å². The zero-order valence-corrected chi connectivity index (χ0v) is 9.84. The molecule has 1 aromatic carbocycles. The number of hydrogen-bond donors (Lipinski definition) is 1. The summed E-state index contributed by atoms with van der Waals surface area (Å²) in [7, 11) is 0. The normalized spacial score (nSPS) is 9.72. The summed E-state index contributed by atoms with van der Waals surface area (Å²) in [6.45, 7) is 0.478. The molecular formula is C14H13N3O. The highest BCUT2D eigenvalue weighted by atomic mass is 16.1. The van der Waals surface area contributed by atoms with Gasteiger partial charge in [-0.15, -0.1) is 12.3 Å². The lowest BCUT2D eigenvalue weighted by Gasteiger charge is -2.00. The fourth-order valence-corrected chi connectivity index (χ4v) is 1.51. The highest BCUT2D eigenvalue weighted by Crippen LogP contribution is 2.07. The van der Waals surface area contributed by atoms with E-state index < -0.39 is 0 Å². The molecule has 2 rings (SSSR count). The van der Waals surface area contributed by atoms with Gasteiger partial charge in [0, 0.05) is 19.2 Å². The first kappa shape index (κ1) is 11.9. The zero-order chi connectivity index (χ0) is 12.8. The van der Waals surface area contributed by atoms with E-state index in [2.05, 4.69) is 16.3 Å². The summed E-state index contributed by atoms with van der Waals surface area (Å²) in [6, 6.07) is 9.62. The number of hydrogen-bond acceptors (Lipinski definition) is 2. The van der Waals surface area contributed by atoms with E-state index in [9.17, 15) is 4.79 Å². The number of nitrogens with one attached hydrogen (secondary N) is 1. The molecule has 0 spiro atoms. The summed E-state index contributed by atoms with van der Waals surface area (Å²) in [4.78, 5) is 11.7. The Kier molecular flexibility index (Phi) is 3.77. The van der Waals surface area contributed by atoms with Crippen LogP contribution in [0.15, 0.2) is 42.7 Å². The van der Waals surface area contributed by atoms with E-state index in [-0.39, 0.29) is 5.91 Å². The number of aromatic nitrogens is 2. The van der Waals surface area contributed by atoms with Crippen molar-refractivity contribution in [2.24, 2.45) is 0 Å². The van der Waals surface area contributed by atoms with Crippen LogP contribution >= 0.6 is 0 Å². The lowest BCUT2D eigenvalue weighted by molar-refractivity contribution is 0.0954. The van der Waals surface area contributed by atoms with Gasteiger partial charge in [0.05, 0.1) is 17.4 Å². The van der Waals surface area contributed by atoms with Gasteiger partial charge in [0.2, 0.25) is 0 Å². The van der Waals surface area contributed by atoms with Crippen LogP contribution in [0.2, 0.25) is 0 Å². The van der Waals surface area contributed by atoms with Crippen molar-refractivity contribution < 1.29 is 4.79 Å². The average Bonchev–Trinajstić information content (AvgIpc) is 2.89. The molecule has 0 atom stereocenters. The third kappa shape index (κ3) is 2.77. The van der Waals surface area contributed by atoms with E-state index in [0.717, 1.165) is 5.69 Å². The largest absolute Gasteiger partial charge is 0.351 e. The summed E-state index contributed by atoms with van der Waals surface area (Å²) in [5.74, 6) is 2.31. The van der Waals surface area contributed by atoms with Gasteiger partial charge in [-0.25, -0.2) is 4.68 Å². The molecule has 1 amide bonds. The van der Waals surface area contributed by atoms with Crippen molar-refractivity contribution in [3.63, 3.8) is 0 Å². The molecule has 0 saturated carbocycles. The Hall–Kier alpha value is -2.54. The Balaban J connectivity index is 2.07. The van der Waals surface area contributed by atoms with Crippen molar-refractivity contribution in [3.05, 3.63) is 48.3 Å². The molecule has 0 unspecified atom stereocenters. The van der Waals surface area contributed by atoms with Gasteiger partial charge in [0.1, 0.15) is 0 Å². The maximum absolute atomic E-state index is 11.7. The van der Waals surface area contributed by atoms with E-state index in [0.29, 0.717) is 18.5 Å². The molecule has 0 bridgehead atoms. The highest BCUT2D eigenvalue weighted by Gasteiger charge is 2.08. The summed E-state index contributed by atoms with van der Waals surface area (Å²) in [6.07, 6.45) is 8.88. The van der Waals surface area contributed by atoms with Crippen molar-refractivity contribution in [2.75, 3.05) is 6.54 Å². The molecule has 90 valence electrons. The molecule has 0 aliphatic heterocycles. The molecule has 0 fully saturated rings. The van der Waals surface area contributed by atoms with E-state index in [1.807, 2.05) is 30.3 Å². The molecular weight excluding hydrogens is 226 g/mol. The molecule has 0 aliphatic rings. The Morgan fingerprint density at radius 2 is 2.17 bits per heavy atom. The Morgan fingerprint density at radius 3 is 2.89 bits per heavy atom. The van der Waals surface area contributed by atoms with Gasteiger partial charge >= 0.3 is 0 Å². The fraction of sp³-hybridized carbons (Fsp3) is 0.143. The van der Waals surface area contributed by atoms with Crippen molar-refractivity contribution in [2.45, 2.75) is 6.42 Å². The second-order valence-electron chi connectivity index (χ2n) is 3.72. The predicted molar refractivity (Wildman–Crippen MR) is 69.3 cm³/mol. The second-order valence-corrected chi connectivity index (χ2v) is 3.72. The van der Waals surface area contributed by atoms with Gasteiger partial charge in [-0.2, -0.15) is 5.10 Å². The summed E-state index contributed by atoms with van der Waals surface area (Å²) >= 11 is 0. The number of terminal acetylenes is 1. The number of carbonyl (C=O) groups excluding carboxylic acids is 1. The van der Waals surface area contributed by atoms with Crippen LogP contribution in [0, 0.1) is 12.3 Å². The number of para-hydroxylation sites is 1. The van der Waals surface area contributed by atoms with Crippen LogP contribution in [0.3, 0.4) is 0 Å². The Labute approximate surface area is 106 Å². The molecule has 18 heavy (non-hydrogen) atoms. The Morgan fingerprint density at radius 1 is 1.39 bits per heavy atom. The minimum Gasteiger partial charge on any atom is -0.351 e.